The summed E-state index contributed by atoms with van der Waals surface area (Å²) in [5, 5.41) is 7.00. The van der Waals surface area contributed by atoms with Crippen LogP contribution >= 0.6 is 0 Å². The minimum absolute atomic E-state index is 0.536. The molecule has 5 aromatic rings. The Morgan fingerprint density at radius 2 is 1.69 bits per heavy atom. The first-order chi connectivity index (χ1) is 17.4. The first-order valence-corrected chi connectivity index (χ1v) is 12.5. The van der Waals surface area contributed by atoms with Gasteiger partial charge in [-0.1, -0.05) is 67.1 Å². The van der Waals surface area contributed by atoms with Gasteiger partial charge in [-0.2, -0.15) is 0 Å². The van der Waals surface area contributed by atoms with Crippen molar-refractivity contribution >= 4 is 21.7 Å². The van der Waals surface area contributed by atoms with Gasteiger partial charge in [-0.25, -0.2) is 0 Å². The zero-order valence-corrected chi connectivity index (χ0v) is 19.8. The van der Waals surface area contributed by atoms with Crippen LogP contribution in [0.4, 0.5) is 0 Å². The first-order valence-electron chi connectivity index (χ1n) is 12.5. The average molecular weight is 460 g/mol. The minimum Gasteiger partial charge on any atom is -0.492 e. The summed E-state index contributed by atoms with van der Waals surface area (Å²) in [4.78, 5) is 9.31. The van der Waals surface area contributed by atoms with Crippen molar-refractivity contribution in [3.05, 3.63) is 91.4 Å². The van der Waals surface area contributed by atoms with Gasteiger partial charge in [0.1, 0.15) is 5.75 Å². The van der Waals surface area contributed by atoms with E-state index in [1.165, 1.54) is 24.6 Å². The molecule has 0 bridgehead atoms. The highest BCUT2D eigenvalue weighted by Crippen LogP contribution is 2.38. The van der Waals surface area contributed by atoms with Gasteiger partial charge in [-0.15, -0.1) is 0 Å². The third kappa shape index (κ3) is 4.50. The van der Waals surface area contributed by atoms with Crippen molar-refractivity contribution in [1.82, 2.24) is 15.3 Å². The van der Waals surface area contributed by atoms with Gasteiger partial charge in [0.2, 0.25) is 0 Å². The van der Waals surface area contributed by atoms with E-state index in [9.17, 15) is 0 Å². The van der Waals surface area contributed by atoms with E-state index in [-0.39, 0.29) is 0 Å². The fourth-order valence-corrected chi connectivity index (χ4v) is 5.13. The summed E-state index contributed by atoms with van der Waals surface area (Å²) in [5.74, 6) is 0.909. The molecule has 3 heterocycles. The predicted octanol–water partition coefficient (Wildman–Crippen LogP) is 7.03. The lowest BCUT2D eigenvalue weighted by Crippen LogP contribution is -2.35. The van der Waals surface area contributed by atoms with E-state index >= 15 is 0 Å². The number of fused-ring (bicyclic) bond motifs is 2. The topological polar surface area (TPSA) is 47.0 Å². The lowest BCUT2D eigenvalue weighted by molar-refractivity contribution is 0.271. The van der Waals surface area contributed by atoms with Gasteiger partial charge >= 0.3 is 0 Å². The Hall–Kier alpha value is -3.76. The van der Waals surface area contributed by atoms with Crippen molar-refractivity contribution in [3.8, 4) is 28.0 Å². The molecule has 174 valence electrons. The van der Waals surface area contributed by atoms with Crippen LogP contribution in [0.1, 0.15) is 25.7 Å². The maximum atomic E-state index is 6.59. The van der Waals surface area contributed by atoms with Crippen LogP contribution in [-0.2, 0) is 0 Å². The fourth-order valence-electron chi connectivity index (χ4n) is 5.13. The van der Waals surface area contributed by atoms with Crippen molar-refractivity contribution in [2.24, 2.45) is 0 Å². The summed E-state index contributed by atoms with van der Waals surface area (Å²) >= 11 is 0. The normalized spacial score (nSPS) is 15.9. The lowest BCUT2D eigenvalue weighted by atomic mass is 9.97. The van der Waals surface area contributed by atoms with E-state index in [1.54, 1.807) is 0 Å². The monoisotopic (exact) mass is 459 g/mol. The van der Waals surface area contributed by atoms with Gasteiger partial charge < -0.3 is 10.1 Å². The molecule has 1 atom stereocenters. The molecule has 0 amide bonds. The Kier molecular flexibility index (Phi) is 6.12. The van der Waals surface area contributed by atoms with Gasteiger partial charge in [0.05, 0.1) is 12.1 Å². The third-order valence-corrected chi connectivity index (χ3v) is 7.01. The van der Waals surface area contributed by atoms with E-state index in [2.05, 4.69) is 77.0 Å². The third-order valence-electron chi connectivity index (χ3n) is 7.01. The Morgan fingerprint density at radius 3 is 2.57 bits per heavy atom. The second kappa shape index (κ2) is 9.85. The van der Waals surface area contributed by atoms with Crippen LogP contribution in [0.3, 0.4) is 0 Å². The molecule has 1 aliphatic heterocycles. The standard InChI is InChI=1S/C31H29N3O/c1-2-8-22(9-3-1)29-21-34-30-14-13-23(28-20-32-19-24-10-4-5-12-26(24)28)18-27(30)31(29)35-17-15-25-11-6-7-16-33-25/h1-5,8-10,12-14,18-21,25,33H,6-7,11,15-17H2. The van der Waals surface area contributed by atoms with E-state index in [1.807, 2.05) is 24.7 Å². The second-order valence-corrected chi connectivity index (χ2v) is 9.29. The highest BCUT2D eigenvalue weighted by Gasteiger charge is 2.17. The number of piperidine rings is 1. The van der Waals surface area contributed by atoms with Gasteiger partial charge in [-0.3, -0.25) is 9.97 Å². The molecular formula is C31H29N3O. The van der Waals surface area contributed by atoms with Crippen LogP contribution in [-0.4, -0.2) is 29.2 Å². The number of pyridine rings is 2. The molecular weight excluding hydrogens is 430 g/mol. The smallest absolute Gasteiger partial charge is 0.138 e. The predicted molar refractivity (Wildman–Crippen MR) is 144 cm³/mol. The number of benzene rings is 3. The zero-order valence-electron chi connectivity index (χ0n) is 19.8. The molecule has 1 unspecified atom stereocenters. The van der Waals surface area contributed by atoms with E-state index in [0.717, 1.165) is 57.3 Å². The molecule has 1 saturated heterocycles. The highest BCUT2D eigenvalue weighted by atomic mass is 16.5. The molecule has 4 heteroatoms. The maximum Gasteiger partial charge on any atom is 0.138 e. The number of hydrogen-bond acceptors (Lipinski definition) is 4. The molecule has 1 N–H and O–H groups in total. The fraction of sp³-hybridized carbons (Fsp3) is 0.226. The number of hydrogen-bond donors (Lipinski definition) is 1. The summed E-state index contributed by atoms with van der Waals surface area (Å²) < 4.78 is 6.59. The van der Waals surface area contributed by atoms with Crippen molar-refractivity contribution < 1.29 is 4.74 Å². The Balaban J connectivity index is 1.44. The summed E-state index contributed by atoms with van der Waals surface area (Å²) in [6, 6.07) is 25.8. The molecule has 0 spiro atoms. The van der Waals surface area contributed by atoms with Crippen LogP contribution in [0.2, 0.25) is 0 Å². The Labute approximate surface area is 206 Å². The van der Waals surface area contributed by atoms with E-state index < -0.39 is 0 Å². The molecule has 1 fully saturated rings. The molecule has 0 radical (unpaired) electrons. The highest BCUT2D eigenvalue weighted by molar-refractivity contribution is 6.00. The quantitative estimate of drug-likeness (QED) is 0.296. The number of aromatic nitrogens is 2. The molecule has 0 aliphatic carbocycles. The Bertz CT molecular complexity index is 1450. The zero-order chi connectivity index (χ0) is 23.5. The van der Waals surface area contributed by atoms with Gasteiger partial charge in [0, 0.05) is 46.5 Å². The van der Waals surface area contributed by atoms with Crippen LogP contribution in [0, 0.1) is 0 Å². The Morgan fingerprint density at radius 1 is 0.800 bits per heavy atom. The van der Waals surface area contributed by atoms with Crippen LogP contribution in [0.5, 0.6) is 5.75 Å². The van der Waals surface area contributed by atoms with Gasteiger partial charge in [0.25, 0.3) is 0 Å². The molecule has 1 aliphatic rings. The van der Waals surface area contributed by atoms with E-state index in [0.29, 0.717) is 12.6 Å². The SMILES string of the molecule is c1ccc(-c2cnc3ccc(-c4cncc5ccccc45)cc3c2OCCC2CCCCN2)cc1. The van der Waals surface area contributed by atoms with Crippen molar-refractivity contribution in [2.45, 2.75) is 31.7 Å². The number of nitrogens with one attached hydrogen (secondary N) is 1. The molecule has 2 aromatic heterocycles. The summed E-state index contributed by atoms with van der Waals surface area (Å²) in [5.41, 5.74) is 5.32. The van der Waals surface area contributed by atoms with Crippen molar-refractivity contribution in [1.29, 1.82) is 0 Å². The number of rotatable bonds is 6. The number of ether oxygens (including phenoxy) is 1. The van der Waals surface area contributed by atoms with Crippen molar-refractivity contribution in [3.63, 3.8) is 0 Å². The summed E-state index contributed by atoms with van der Waals surface area (Å²) in [6.45, 7) is 1.79. The maximum absolute atomic E-state index is 6.59. The molecule has 35 heavy (non-hydrogen) atoms. The molecule has 0 saturated carbocycles. The average Bonchev–Trinajstić information content (AvgIpc) is 2.93. The van der Waals surface area contributed by atoms with Crippen LogP contribution in [0.25, 0.3) is 43.9 Å². The number of nitrogens with zero attached hydrogens (tertiary/aromatic N) is 2. The molecule has 4 nitrogen and oxygen atoms in total. The lowest BCUT2D eigenvalue weighted by Gasteiger charge is -2.24. The van der Waals surface area contributed by atoms with Crippen LogP contribution < -0.4 is 10.1 Å². The second-order valence-electron chi connectivity index (χ2n) is 9.29. The summed E-state index contributed by atoms with van der Waals surface area (Å²) in [6.07, 6.45) is 10.6. The van der Waals surface area contributed by atoms with Gasteiger partial charge in [-0.05, 0) is 54.5 Å². The summed E-state index contributed by atoms with van der Waals surface area (Å²) in [7, 11) is 0. The first kappa shape index (κ1) is 21.8. The minimum atomic E-state index is 0.536. The van der Waals surface area contributed by atoms with Gasteiger partial charge in [0.15, 0.2) is 0 Å². The largest absolute Gasteiger partial charge is 0.492 e. The van der Waals surface area contributed by atoms with Crippen molar-refractivity contribution in [2.75, 3.05) is 13.2 Å². The molecule has 6 rings (SSSR count). The van der Waals surface area contributed by atoms with E-state index in [4.69, 9.17) is 9.72 Å². The molecule has 3 aromatic carbocycles. The van der Waals surface area contributed by atoms with Crippen LogP contribution in [0.15, 0.2) is 91.4 Å².